The minimum absolute atomic E-state index is 0.150. The van der Waals surface area contributed by atoms with Crippen molar-refractivity contribution in [2.75, 3.05) is 11.9 Å². The van der Waals surface area contributed by atoms with E-state index in [2.05, 4.69) is 5.32 Å². The monoisotopic (exact) mass is 213 g/mol. The average Bonchev–Trinajstić information content (AvgIpc) is 2.14. The molecular formula is C9H12FN3O2. The molecule has 0 aliphatic heterocycles. The highest BCUT2D eigenvalue weighted by molar-refractivity contribution is 5.61. The Hall–Kier alpha value is -1.69. The smallest absolute Gasteiger partial charge is 0.292 e. The van der Waals surface area contributed by atoms with Crippen LogP contribution in [0.5, 0.6) is 0 Å². The quantitative estimate of drug-likeness (QED) is 0.586. The summed E-state index contributed by atoms with van der Waals surface area (Å²) in [5, 5.41) is 13.3. The number of nitro benzene ring substituents is 1. The minimum atomic E-state index is -0.567. The first-order chi connectivity index (χ1) is 7.00. The van der Waals surface area contributed by atoms with Gasteiger partial charge in [0.2, 0.25) is 0 Å². The van der Waals surface area contributed by atoms with Crippen LogP contribution in [0.2, 0.25) is 0 Å². The van der Waals surface area contributed by atoms with E-state index in [1.165, 1.54) is 0 Å². The Labute approximate surface area is 86.2 Å². The minimum Gasteiger partial charge on any atom is -0.378 e. The highest BCUT2D eigenvalue weighted by atomic mass is 19.1. The van der Waals surface area contributed by atoms with Crippen LogP contribution >= 0.6 is 0 Å². The average molecular weight is 213 g/mol. The zero-order valence-electron chi connectivity index (χ0n) is 8.24. The number of nitrogens with one attached hydrogen (secondary N) is 1. The first-order valence-corrected chi connectivity index (χ1v) is 4.44. The molecule has 0 aliphatic carbocycles. The Morgan fingerprint density at radius 2 is 2.33 bits per heavy atom. The number of rotatable bonds is 4. The maximum absolute atomic E-state index is 12.8. The molecule has 0 aromatic heterocycles. The van der Waals surface area contributed by atoms with Crippen LogP contribution in [0.1, 0.15) is 6.92 Å². The molecule has 1 aromatic carbocycles. The molecule has 0 spiro atoms. The lowest BCUT2D eigenvalue weighted by atomic mass is 10.2. The number of nitrogens with two attached hydrogens (primary N) is 1. The van der Waals surface area contributed by atoms with Gasteiger partial charge in [0.25, 0.3) is 5.69 Å². The largest absolute Gasteiger partial charge is 0.378 e. The van der Waals surface area contributed by atoms with Gasteiger partial charge in [-0.25, -0.2) is 4.39 Å². The van der Waals surface area contributed by atoms with Gasteiger partial charge >= 0.3 is 0 Å². The third kappa shape index (κ3) is 3.17. The summed E-state index contributed by atoms with van der Waals surface area (Å²) in [5.74, 6) is -0.521. The molecule has 0 radical (unpaired) electrons. The Kier molecular flexibility index (Phi) is 3.56. The standard InChI is InChI=1S/C9H12FN3O2/c1-6(11)5-12-8-4-7(10)2-3-9(8)13(14)15/h2-4,6,12H,5,11H2,1H3. The second-order valence-corrected chi connectivity index (χ2v) is 3.28. The van der Waals surface area contributed by atoms with Crippen molar-refractivity contribution < 1.29 is 9.31 Å². The lowest BCUT2D eigenvalue weighted by molar-refractivity contribution is -0.384. The molecule has 15 heavy (non-hydrogen) atoms. The fraction of sp³-hybridized carbons (Fsp3) is 0.333. The van der Waals surface area contributed by atoms with E-state index in [1.807, 2.05) is 0 Å². The second-order valence-electron chi connectivity index (χ2n) is 3.28. The van der Waals surface area contributed by atoms with Crippen LogP contribution < -0.4 is 11.1 Å². The molecule has 82 valence electrons. The summed E-state index contributed by atoms with van der Waals surface area (Å²) >= 11 is 0. The van der Waals surface area contributed by atoms with E-state index in [9.17, 15) is 14.5 Å². The fourth-order valence-electron chi connectivity index (χ4n) is 1.08. The summed E-state index contributed by atoms with van der Waals surface area (Å²) < 4.78 is 12.8. The van der Waals surface area contributed by atoms with Crippen molar-refractivity contribution in [1.82, 2.24) is 0 Å². The van der Waals surface area contributed by atoms with Crippen molar-refractivity contribution in [3.8, 4) is 0 Å². The van der Waals surface area contributed by atoms with Crippen molar-refractivity contribution in [2.45, 2.75) is 13.0 Å². The van der Waals surface area contributed by atoms with Crippen molar-refractivity contribution in [3.63, 3.8) is 0 Å². The van der Waals surface area contributed by atoms with E-state index in [1.54, 1.807) is 6.92 Å². The van der Waals surface area contributed by atoms with Crippen LogP contribution in [0, 0.1) is 15.9 Å². The highest BCUT2D eigenvalue weighted by Gasteiger charge is 2.14. The summed E-state index contributed by atoms with van der Waals surface area (Å²) in [7, 11) is 0. The first-order valence-electron chi connectivity index (χ1n) is 4.44. The van der Waals surface area contributed by atoms with E-state index in [0.717, 1.165) is 18.2 Å². The first kappa shape index (κ1) is 11.4. The molecule has 3 N–H and O–H groups in total. The van der Waals surface area contributed by atoms with Gasteiger partial charge in [0.1, 0.15) is 11.5 Å². The molecule has 0 amide bonds. The molecule has 1 rings (SSSR count). The van der Waals surface area contributed by atoms with E-state index in [4.69, 9.17) is 5.73 Å². The van der Waals surface area contributed by atoms with Crippen molar-refractivity contribution in [1.29, 1.82) is 0 Å². The predicted octanol–water partition coefficient (Wildman–Crippen LogP) is 1.49. The van der Waals surface area contributed by atoms with Gasteiger partial charge in [-0.05, 0) is 13.0 Å². The van der Waals surface area contributed by atoms with Gasteiger partial charge in [0.15, 0.2) is 0 Å². The maximum atomic E-state index is 12.8. The number of anilines is 1. The van der Waals surface area contributed by atoms with Crippen molar-refractivity contribution in [2.24, 2.45) is 5.73 Å². The maximum Gasteiger partial charge on any atom is 0.292 e. The number of nitro groups is 1. The molecule has 1 atom stereocenters. The lowest BCUT2D eigenvalue weighted by Crippen LogP contribution is -2.25. The number of hydrogen-bond donors (Lipinski definition) is 2. The highest BCUT2D eigenvalue weighted by Crippen LogP contribution is 2.24. The molecule has 5 nitrogen and oxygen atoms in total. The molecular weight excluding hydrogens is 201 g/mol. The molecule has 1 aromatic rings. The van der Waals surface area contributed by atoms with Gasteiger partial charge in [-0.1, -0.05) is 0 Å². The van der Waals surface area contributed by atoms with E-state index in [-0.39, 0.29) is 17.4 Å². The van der Waals surface area contributed by atoms with Crippen LogP contribution in [-0.4, -0.2) is 17.5 Å². The third-order valence-electron chi connectivity index (χ3n) is 1.77. The Morgan fingerprint density at radius 3 is 2.87 bits per heavy atom. The molecule has 0 heterocycles. The zero-order valence-corrected chi connectivity index (χ0v) is 8.24. The van der Waals surface area contributed by atoms with Crippen LogP contribution in [0.15, 0.2) is 18.2 Å². The van der Waals surface area contributed by atoms with Gasteiger partial charge in [-0.15, -0.1) is 0 Å². The molecule has 0 bridgehead atoms. The summed E-state index contributed by atoms with van der Waals surface area (Å²) in [5.41, 5.74) is 5.47. The van der Waals surface area contributed by atoms with Gasteiger partial charge in [0, 0.05) is 24.7 Å². The Balaban J connectivity index is 2.92. The Bertz CT molecular complexity index is 368. The van der Waals surface area contributed by atoms with Crippen LogP contribution in [0.4, 0.5) is 15.8 Å². The van der Waals surface area contributed by atoms with E-state index in [0.29, 0.717) is 6.54 Å². The molecule has 0 aliphatic rings. The number of hydrogen-bond acceptors (Lipinski definition) is 4. The molecule has 1 unspecified atom stereocenters. The third-order valence-corrected chi connectivity index (χ3v) is 1.77. The fourth-order valence-corrected chi connectivity index (χ4v) is 1.08. The van der Waals surface area contributed by atoms with E-state index >= 15 is 0 Å². The van der Waals surface area contributed by atoms with Crippen LogP contribution in [-0.2, 0) is 0 Å². The summed E-state index contributed by atoms with van der Waals surface area (Å²) in [6.45, 7) is 2.10. The molecule has 0 saturated heterocycles. The second kappa shape index (κ2) is 4.70. The zero-order chi connectivity index (χ0) is 11.4. The molecule has 0 saturated carbocycles. The van der Waals surface area contributed by atoms with Gasteiger partial charge in [0.05, 0.1) is 4.92 Å². The van der Waals surface area contributed by atoms with Gasteiger partial charge in [-0.3, -0.25) is 10.1 Å². The Morgan fingerprint density at radius 1 is 1.67 bits per heavy atom. The van der Waals surface area contributed by atoms with Crippen molar-refractivity contribution >= 4 is 11.4 Å². The normalized spacial score (nSPS) is 12.2. The summed E-state index contributed by atoms with van der Waals surface area (Å²) in [4.78, 5) is 10.0. The van der Waals surface area contributed by atoms with Crippen LogP contribution in [0.3, 0.4) is 0 Å². The SMILES string of the molecule is CC(N)CNc1cc(F)ccc1[N+](=O)[O-]. The predicted molar refractivity (Wildman–Crippen MR) is 55.2 cm³/mol. The van der Waals surface area contributed by atoms with Crippen LogP contribution in [0.25, 0.3) is 0 Å². The topological polar surface area (TPSA) is 81.2 Å². The lowest BCUT2D eigenvalue weighted by Gasteiger charge is -2.09. The summed E-state index contributed by atoms with van der Waals surface area (Å²) in [6.07, 6.45) is 0. The molecule has 6 heteroatoms. The van der Waals surface area contributed by atoms with Gasteiger partial charge < -0.3 is 11.1 Å². The van der Waals surface area contributed by atoms with E-state index < -0.39 is 10.7 Å². The summed E-state index contributed by atoms with van der Waals surface area (Å²) in [6, 6.07) is 3.10. The van der Waals surface area contributed by atoms with Gasteiger partial charge in [-0.2, -0.15) is 0 Å². The van der Waals surface area contributed by atoms with Crippen molar-refractivity contribution in [3.05, 3.63) is 34.1 Å². The number of benzene rings is 1. The number of nitrogens with zero attached hydrogens (tertiary/aromatic N) is 1. The number of halogens is 1. The molecule has 0 fully saturated rings.